The molecule has 0 heterocycles. The Morgan fingerprint density at radius 3 is 2.76 bits per heavy atom. The van der Waals surface area contributed by atoms with Crippen LogP contribution in [-0.4, -0.2) is 23.4 Å². The number of phenols is 1. The maximum absolute atomic E-state index is 11.8. The van der Waals surface area contributed by atoms with E-state index in [0.29, 0.717) is 12.5 Å². The Labute approximate surface area is 106 Å². The second kappa shape index (κ2) is 5.41. The first-order valence-electron chi connectivity index (χ1n) is 5.86. The van der Waals surface area contributed by atoms with Gasteiger partial charge in [-0.3, -0.25) is 4.79 Å². The van der Waals surface area contributed by atoms with Gasteiger partial charge < -0.3 is 10.0 Å². The molecule has 1 saturated carbocycles. The van der Waals surface area contributed by atoms with E-state index in [1.54, 1.807) is 23.1 Å². The zero-order valence-electron chi connectivity index (χ0n) is 9.60. The molecule has 4 heteroatoms. The van der Waals surface area contributed by atoms with Crippen molar-refractivity contribution in [2.24, 2.45) is 5.92 Å². The number of alkyl halides is 1. The second-order valence-electron chi connectivity index (χ2n) is 4.45. The zero-order valence-corrected chi connectivity index (χ0v) is 10.4. The van der Waals surface area contributed by atoms with E-state index >= 15 is 0 Å². The lowest BCUT2D eigenvalue weighted by atomic mass is 9.85. The van der Waals surface area contributed by atoms with E-state index in [-0.39, 0.29) is 17.5 Å². The van der Waals surface area contributed by atoms with Crippen LogP contribution in [0.5, 0.6) is 5.75 Å². The molecule has 1 aliphatic carbocycles. The molecule has 17 heavy (non-hydrogen) atoms. The number of halogens is 1. The SMILES string of the molecule is O=C(CCl)N(CC1CCC1)c1cccc(O)c1. The molecule has 92 valence electrons. The number of rotatable bonds is 4. The first-order valence-corrected chi connectivity index (χ1v) is 6.39. The number of hydrogen-bond donors (Lipinski definition) is 1. The molecule has 1 aromatic rings. The number of benzene rings is 1. The third-order valence-electron chi connectivity index (χ3n) is 3.22. The molecule has 3 nitrogen and oxygen atoms in total. The first kappa shape index (κ1) is 12.2. The fraction of sp³-hybridized carbons (Fsp3) is 0.462. The minimum absolute atomic E-state index is 0.0254. The molecule has 0 spiro atoms. The molecule has 0 radical (unpaired) electrons. The smallest absolute Gasteiger partial charge is 0.241 e. The molecule has 1 amide bonds. The highest BCUT2D eigenvalue weighted by atomic mass is 35.5. The molecule has 0 saturated heterocycles. The molecule has 2 rings (SSSR count). The van der Waals surface area contributed by atoms with Crippen LogP contribution in [0.1, 0.15) is 19.3 Å². The summed E-state index contributed by atoms with van der Waals surface area (Å²) in [5, 5.41) is 9.45. The summed E-state index contributed by atoms with van der Waals surface area (Å²) in [4.78, 5) is 13.5. The lowest BCUT2D eigenvalue weighted by Gasteiger charge is -2.32. The van der Waals surface area contributed by atoms with Gasteiger partial charge in [0.05, 0.1) is 0 Å². The van der Waals surface area contributed by atoms with Gasteiger partial charge in [-0.15, -0.1) is 11.6 Å². The molecule has 0 aromatic heterocycles. The maximum Gasteiger partial charge on any atom is 0.241 e. The van der Waals surface area contributed by atoms with Crippen molar-refractivity contribution < 1.29 is 9.90 Å². The minimum Gasteiger partial charge on any atom is -0.508 e. The van der Waals surface area contributed by atoms with Crippen LogP contribution in [0.15, 0.2) is 24.3 Å². The van der Waals surface area contributed by atoms with E-state index in [1.807, 2.05) is 6.07 Å². The van der Waals surface area contributed by atoms with Crippen molar-refractivity contribution in [2.45, 2.75) is 19.3 Å². The number of carbonyl (C=O) groups is 1. The van der Waals surface area contributed by atoms with Gasteiger partial charge in [-0.25, -0.2) is 0 Å². The lowest BCUT2D eigenvalue weighted by Crippen LogP contribution is -2.38. The topological polar surface area (TPSA) is 40.5 Å². The molecule has 1 N–H and O–H groups in total. The predicted octanol–water partition coefficient (Wildman–Crippen LogP) is 2.76. The average molecular weight is 254 g/mol. The summed E-state index contributed by atoms with van der Waals surface area (Å²) in [5.41, 5.74) is 0.725. The van der Waals surface area contributed by atoms with Gasteiger partial charge in [0.2, 0.25) is 5.91 Å². The van der Waals surface area contributed by atoms with Crippen molar-refractivity contribution in [3.8, 4) is 5.75 Å². The predicted molar refractivity (Wildman–Crippen MR) is 68.5 cm³/mol. The third-order valence-corrected chi connectivity index (χ3v) is 3.45. The van der Waals surface area contributed by atoms with Crippen LogP contribution in [-0.2, 0) is 4.79 Å². The quantitative estimate of drug-likeness (QED) is 0.839. The number of aromatic hydroxyl groups is 1. The Kier molecular flexibility index (Phi) is 3.89. The number of nitrogens with zero attached hydrogens (tertiary/aromatic N) is 1. The zero-order chi connectivity index (χ0) is 12.3. The highest BCUT2D eigenvalue weighted by Gasteiger charge is 2.24. The normalized spacial score (nSPS) is 15.4. The van der Waals surface area contributed by atoms with Crippen LogP contribution >= 0.6 is 11.6 Å². The summed E-state index contributed by atoms with van der Waals surface area (Å²) in [6, 6.07) is 6.75. The highest BCUT2D eigenvalue weighted by molar-refractivity contribution is 6.29. The molecular weight excluding hydrogens is 238 g/mol. The summed E-state index contributed by atoms with van der Waals surface area (Å²) in [6.07, 6.45) is 3.59. The summed E-state index contributed by atoms with van der Waals surface area (Å²) in [6.45, 7) is 0.703. The molecule has 0 bridgehead atoms. The number of carbonyl (C=O) groups excluding carboxylic acids is 1. The van der Waals surface area contributed by atoms with Crippen LogP contribution in [0.4, 0.5) is 5.69 Å². The van der Waals surface area contributed by atoms with Crippen molar-refractivity contribution in [1.29, 1.82) is 0 Å². The minimum atomic E-state index is -0.107. The Morgan fingerprint density at radius 2 is 2.24 bits per heavy atom. The van der Waals surface area contributed by atoms with Crippen molar-refractivity contribution in [1.82, 2.24) is 0 Å². The van der Waals surface area contributed by atoms with E-state index < -0.39 is 0 Å². The molecular formula is C13H16ClNO2. The fourth-order valence-corrected chi connectivity index (χ4v) is 2.16. The summed E-state index contributed by atoms with van der Waals surface area (Å²) in [5.74, 6) is 0.611. The van der Waals surface area contributed by atoms with Gasteiger partial charge in [-0.2, -0.15) is 0 Å². The summed E-state index contributed by atoms with van der Waals surface area (Å²) >= 11 is 5.63. The third kappa shape index (κ3) is 2.91. The van der Waals surface area contributed by atoms with Crippen LogP contribution in [0.2, 0.25) is 0 Å². The monoisotopic (exact) mass is 253 g/mol. The van der Waals surface area contributed by atoms with Crippen LogP contribution in [0.3, 0.4) is 0 Å². The molecule has 1 aromatic carbocycles. The van der Waals surface area contributed by atoms with Crippen LogP contribution in [0, 0.1) is 5.92 Å². The van der Waals surface area contributed by atoms with Crippen molar-refractivity contribution in [3.05, 3.63) is 24.3 Å². The Balaban J connectivity index is 2.16. The van der Waals surface area contributed by atoms with Gasteiger partial charge in [0, 0.05) is 18.3 Å². The highest BCUT2D eigenvalue weighted by Crippen LogP contribution is 2.30. The number of amides is 1. The maximum atomic E-state index is 11.8. The van der Waals surface area contributed by atoms with Crippen molar-refractivity contribution in [2.75, 3.05) is 17.3 Å². The van der Waals surface area contributed by atoms with E-state index in [4.69, 9.17) is 11.6 Å². The number of anilines is 1. The summed E-state index contributed by atoms with van der Waals surface area (Å²) in [7, 11) is 0. The number of phenolic OH excluding ortho intramolecular Hbond substituents is 1. The van der Waals surface area contributed by atoms with Crippen molar-refractivity contribution in [3.63, 3.8) is 0 Å². The molecule has 0 atom stereocenters. The van der Waals surface area contributed by atoms with E-state index in [1.165, 1.54) is 19.3 Å². The van der Waals surface area contributed by atoms with Gasteiger partial charge in [0.1, 0.15) is 11.6 Å². The molecule has 0 unspecified atom stereocenters. The number of hydrogen-bond acceptors (Lipinski definition) is 2. The van der Waals surface area contributed by atoms with E-state index in [0.717, 1.165) is 5.69 Å². The fourth-order valence-electron chi connectivity index (χ4n) is 2.02. The molecule has 1 aliphatic rings. The molecule has 1 fully saturated rings. The first-order chi connectivity index (χ1) is 8.20. The second-order valence-corrected chi connectivity index (χ2v) is 4.72. The van der Waals surface area contributed by atoms with Gasteiger partial charge in [0.15, 0.2) is 0 Å². The lowest BCUT2D eigenvalue weighted by molar-refractivity contribution is -0.116. The molecule has 0 aliphatic heterocycles. The Bertz CT molecular complexity index is 404. The Morgan fingerprint density at radius 1 is 1.47 bits per heavy atom. The standard InChI is InChI=1S/C13H16ClNO2/c14-8-13(17)15(9-10-3-1-4-10)11-5-2-6-12(16)7-11/h2,5-7,10,16H,1,3-4,8-9H2. The van der Waals surface area contributed by atoms with Gasteiger partial charge in [-0.05, 0) is 30.9 Å². The van der Waals surface area contributed by atoms with Gasteiger partial charge in [0.25, 0.3) is 0 Å². The summed E-state index contributed by atoms with van der Waals surface area (Å²) < 4.78 is 0. The largest absolute Gasteiger partial charge is 0.508 e. The van der Waals surface area contributed by atoms with Crippen LogP contribution < -0.4 is 4.90 Å². The van der Waals surface area contributed by atoms with Crippen LogP contribution in [0.25, 0.3) is 0 Å². The van der Waals surface area contributed by atoms with Gasteiger partial charge in [-0.1, -0.05) is 12.5 Å². The van der Waals surface area contributed by atoms with E-state index in [9.17, 15) is 9.90 Å². The average Bonchev–Trinajstić information content (AvgIpc) is 2.27. The van der Waals surface area contributed by atoms with E-state index in [2.05, 4.69) is 0 Å². The van der Waals surface area contributed by atoms with Gasteiger partial charge >= 0.3 is 0 Å². The van der Waals surface area contributed by atoms with Crippen molar-refractivity contribution >= 4 is 23.2 Å². The Hall–Kier alpha value is -1.22.